The maximum Gasteiger partial charge on any atom is 0.327 e. The Kier molecular flexibility index (Phi) is 8.79. The van der Waals surface area contributed by atoms with Gasteiger partial charge in [-0.25, -0.2) is 0 Å². The van der Waals surface area contributed by atoms with E-state index in [1.807, 2.05) is 0 Å². The molecule has 2 N–H and O–H groups in total. The van der Waals surface area contributed by atoms with Crippen LogP contribution in [0.15, 0.2) is 5.18 Å². The van der Waals surface area contributed by atoms with Crippen LogP contribution >= 0.6 is 0 Å². The van der Waals surface area contributed by atoms with Crippen LogP contribution in [-0.2, 0) is 28.7 Å². The third kappa shape index (κ3) is 7.69. The predicted octanol–water partition coefficient (Wildman–Crippen LogP) is 0.749. The highest BCUT2D eigenvalue weighted by molar-refractivity contribution is 5.81. The number of nitrogens with zero attached hydrogens (tertiary/aromatic N) is 2. The van der Waals surface area contributed by atoms with Gasteiger partial charge in [-0.3, -0.25) is 19.2 Å². The van der Waals surface area contributed by atoms with Crippen LogP contribution in [0.5, 0.6) is 0 Å². The van der Waals surface area contributed by atoms with Crippen molar-refractivity contribution in [2.45, 2.75) is 57.2 Å². The van der Waals surface area contributed by atoms with Crippen LogP contribution in [0.25, 0.3) is 0 Å². The molecular formula is C16H24N2O9. The number of carbonyl (C=O) groups excluding carboxylic acids is 2. The third-order valence-electron chi connectivity index (χ3n) is 4.27. The number of hydrogen-bond acceptors (Lipinski definition) is 8. The molecular weight excluding hydrogens is 364 g/mol. The largest absolute Gasteiger partial charge is 0.481 e. The number of carbonyl (C=O) groups is 4. The molecule has 1 rings (SSSR count). The van der Waals surface area contributed by atoms with E-state index in [9.17, 15) is 24.1 Å². The lowest BCUT2D eigenvalue weighted by Gasteiger charge is -2.33. The minimum Gasteiger partial charge on any atom is -0.481 e. The average Bonchev–Trinajstić information content (AvgIpc) is 2.60. The number of esters is 1. The van der Waals surface area contributed by atoms with Gasteiger partial charge in [-0.05, 0) is 18.0 Å². The van der Waals surface area contributed by atoms with Crippen molar-refractivity contribution in [3.05, 3.63) is 4.91 Å². The highest BCUT2D eigenvalue weighted by Gasteiger charge is 2.39. The van der Waals surface area contributed by atoms with Crippen LogP contribution < -0.4 is 0 Å². The number of carboxylic acid groups (broad SMARTS) is 2. The van der Waals surface area contributed by atoms with E-state index in [0.717, 1.165) is 4.90 Å². The van der Waals surface area contributed by atoms with Crippen LogP contribution in [-0.4, -0.2) is 70.5 Å². The van der Waals surface area contributed by atoms with E-state index in [1.165, 1.54) is 6.92 Å². The first-order valence-corrected chi connectivity index (χ1v) is 8.54. The predicted molar refractivity (Wildman–Crippen MR) is 89.6 cm³/mol. The summed E-state index contributed by atoms with van der Waals surface area (Å²) in [5, 5.41) is 20.6. The lowest BCUT2D eigenvalue weighted by Crippen LogP contribution is -2.46. The van der Waals surface area contributed by atoms with Crippen molar-refractivity contribution in [3.8, 4) is 0 Å². The van der Waals surface area contributed by atoms with Gasteiger partial charge < -0.3 is 24.6 Å². The van der Waals surface area contributed by atoms with E-state index >= 15 is 0 Å². The van der Waals surface area contributed by atoms with E-state index in [4.69, 9.17) is 19.7 Å². The van der Waals surface area contributed by atoms with Gasteiger partial charge in [0.25, 0.3) is 0 Å². The molecule has 0 aromatic carbocycles. The first kappa shape index (κ1) is 22.5. The highest BCUT2D eigenvalue weighted by Crippen LogP contribution is 2.27. The van der Waals surface area contributed by atoms with Crippen LogP contribution in [0, 0.1) is 4.91 Å². The molecule has 1 aliphatic rings. The standard InChI is InChI=1S/C16H24N2O9/c1-11(19)18(12(2-4-13(20)21)3-5-14(22)23)10-15(24)27-16(17-25)6-8-26-9-7-16/h12H,2-10H2,1H3,(H,20,21)(H,22,23). The molecule has 0 bridgehead atoms. The second-order valence-corrected chi connectivity index (χ2v) is 6.29. The number of aliphatic carboxylic acids is 2. The van der Waals surface area contributed by atoms with Crippen LogP contribution in [0.4, 0.5) is 0 Å². The molecule has 1 saturated heterocycles. The van der Waals surface area contributed by atoms with E-state index in [2.05, 4.69) is 5.18 Å². The minimum absolute atomic E-state index is 0.0135. The van der Waals surface area contributed by atoms with Gasteiger partial charge in [0, 0.05) is 38.6 Å². The number of ether oxygens (including phenoxy) is 2. The molecule has 0 radical (unpaired) electrons. The minimum atomic E-state index is -1.55. The number of rotatable bonds is 11. The molecule has 0 aromatic heterocycles. The zero-order chi connectivity index (χ0) is 20.4. The fourth-order valence-electron chi connectivity index (χ4n) is 2.82. The summed E-state index contributed by atoms with van der Waals surface area (Å²) < 4.78 is 10.3. The number of nitroso groups, excluding NO2 is 1. The molecule has 11 nitrogen and oxygen atoms in total. The Morgan fingerprint density at radius 1 is 1.11 bits per heavy atom. The molecule has 11 heteroatoms. The van der Waals surface area contributed by atoms with E-state index in [0.29, 0.717) is 0 Å². The second-order valence-electron chi connectivity index (χ2n) is 6.29. The molecule has 0 saturated carbocycles. The molecule has 0 aromatic rings. The molecule has 0 unspecified atom stereocenters. The number of amides is 1. The zero-order valence-electron chi connectivity index (χ0n) is 15.1. The molecule has 1 amide bonds. The van der Waals surface area contributed by atoms with E-state index < -0.39 is 42.1 Å². The molecule has 152 valence electrons. The Bertz CT molecular complexity index is 554. The summed E-state index contributed by atoms with van der Waals surface area (Å²) in [5.41, 5.74) is -1.55. The summed E-state index contributed by atoms with van der Waals surface area (Å²) in [5.74, 6) is -3.62. The fraction of sp³-hybridized carbons (Fsp3) is 0.750. The Balaban J connectivity index is 2.83. The Labute approximate surface area is 155 Å². The van der Waals surface area contributed by atoms with Gasteiger partial charge in [-0.15, -0.1) is 4.91 Å². The lowest BCUT2D eigenvalue weighted by atomic mass is 10.0. The smallest absolute Gasteiger partial charge is 0.327 e. The molecule has 1 aliphatic heterocycles. The summed E-state index contributed by atoms with van der Waals surface area (Å²) in [6.45, 7) is 1.06. The molecule has 1 fully saturated rings. The fourth-order valence-corrected chi connectivity index (χ4v) is 2.82. The van der Waals surface area contributed by atoms with Crippen molar-refractivity contribution in [3.63, 3.8) is 0 Å². The normalized spacial score (nSPS) is 15.8. The monoisotopic (exact) mass is 388 g/mol. The average molecular weight is 388 g/mol. The third-order valence-corrected chi connectivity index (χ3v) is 4.27. The summed E-state index contributed by atoms with van der Waals surface area (Å²) in [4.78, 5) is 58.1. The topological polar surface area (TPSA) is 160 Å². The second kappa shape index (κ2) is 10.6. The van der Waals surface area contributed by atoms with Crippen molar-refractivity contribution < 1.29 is 38.9 Å². The van der Waals surface area contributed by atoms with Crippen LogP contribution in [0.2, 0.25) is 0 Å². The zero-order valence-corrected chi connectivity index (χ0v) is 15.1. The highest BCUT2D eigenvalue weighted by atomic mass is 16.6. The van der Waals surface area contributed by atoms with Crippen LogP contribution in [0.3, 0.4) is 0 Å². The lowest BCUT2D eigenvalue weighted by molar-refractivity contribution is -0.171. The number of hydrogen-bond donors (Lipinski definition) is 2. The van der Waals surface area contributed by atoms with Crippen molar-refractivity contribution in [1.82, 2.24) is 4.90 Å². The van der Waals surface area contributed by atoms with Crippen molar-refractivity contribution in [2.24, 2.45) is 5.18 Å². The first-order chi connectivity index (χ1) is 12.7. The van der Waals surface area contributed by atoms with Crippen molar-refractivity contribution >= 4 is 23.8 Å². The van der Waals surface area contributed by atoms with Gasteiger partial charge in [-0.1, -0.05) is 0 Å². The van der Waals surface area contributed by atoms with Crippen molar-refractivity contribution in [2.75, 3.05) is 19.8 Å². The van der Waals surface area contributed by atoms with E-state index in [-0.39, 0.29) is 51.7 Å². The summed E-state index contributed by atoms with van der Waals surface area (Å²) in [6, 6.07) is -0.767. The molecule has 0 spiro atoms. The van der Waals surface area contributed by atoms with Gasteiger partial charge in [0.2, 0.25) is 11.6 Å². The molecule has 1 heterocycles. The van der Waals surface area contributed by atoms with Gasteiger partial charge in [-0.2, -0.15) is 0 Å². The van der Waals surface area contributed by atoms with Gasteiger partial charge in [0.15, 0.2) is 0 Å². The van der Waals surface area contributed by atoms with Crippen molar-refractivity contribution in [1.29, 1.82) is 0 Å². The van der Waals surface area contributed by atoms with Gasteiger partial charge in [0.05, 0.1) is 13.2 Å². The maximum absolute atomic E-state index is 12.3. The molecule has 0 aliphatic carbocycles. The Hall–Kier alpha value is -2.56. The van der Waals surface area contributed by atoms with E-state index in [1.54, 1.807) is 0 Å². The quantitative estimate of drug-likeness (QED) is 0.384. The SMILES string of the molecule is CC(=O)N(CC(=O)OC1(N=O)CCOCC1)C(CCC(=O)O)CCC(=O)O. The first-order valence-electron chi connectivity index (χ1n) is 8.54. The summed E-state index contributed by atoms with van der Waals surface area (Å²) in [7, 11) is 0. The number of carboxylic acids is 2. The van der Waals surface area contributed by atoms with Gasteiger partial charge >= 0.3 is 17.9 Å². The van der Waals surface area contributed by atoms with Crippen LogP contribution in [0.1, 0.15) is 45.4 Å². The summed E-state index contributed by atoms with van der Waals surface area (Å²) >= 11 is 0. The maximum atomic E-state index is 12.3. The Morgan fingerprint density at radius 3 is 2.04 bits per heavy atom. The molecule has 27 heavy (non-hydrogen) atoms. The summed E-state index contributed by atoms with van der Waals surface area (Å²) in [6.07, 6.45) is -0.408. The molecule has 0 atom stereocenters. The Morgan fingerprint density at radius 2 is 1.63 bits per heavy atom. The van der Waals surface area contributed by atoms with Gasteiger partial charge in [0.1, 0.15) is 6.54 Å².